The second-order valence-corrected chi connectivity index (χ2v) is 4.03. The molecule has 0 bridgehead atoms. The Morgan fingerprint density at radius 3 is 3.00 bits per heavy atom. The van der Waals surface area contributed by atoms with E-state index in [0.29, 0.717) is 25.3 Å². The number of hydrogen-bond donors (Lipinski definition) is 2. The predicted molar refractivity (Wildman–Crippen MR) is 64.6 cm³/mol. The number of nitrogens with one attached hydrogen (secondary N) is 2. The molecule has 0 aliphatic carbocycles. The number of halogens is 1. The zero-order chi connectivity index (χ0) is 13.0. The van der Waals surface area contributed by atoms with Crippen LogP contribution >= 0.6 is 0 Å². The summed E-state index contributed by atoms with van der Waals surface area (Å²) in [5.74, 6) is -0.462. The van der Waals surface area contributed by atoms with Gasteiger partial charge in [0.1, 0.15) is 5.82 Å². The number of rotatable bonds is 1. The average Bonchev–Trinajstić information content (AvgIpc) is 2.54. The fourth-order valence-electron chi connectivity index (χ4n) is 1.74. The number of carbonyl (C=O) groups excluding carboxylic acids is 2. The molecule has 0 radical (unpaired) electrons. The standard InChI is InChI=1S/C12H14FN3O2/c13-9-2-1-3-10(8-9)15-12(18)16-6-4-11(17)14-5-7-16/h1-3,8H,4-7H2,(H,14,17)(H,15,18). The van der Waals surface area contributed by atoms with Crippen molar-refractivity contribution in [3.05, 3.63) is 30.1 Å². The van der Waals surface area contributed by atoms with Crippen molar-refractivity contribution in [3.63, 3.8) is 0 Å². The SMILES string of the molecule is O=C1CCN(C(=O)Nc2cccc(F)c2)CCN1. The first-order valence-corrected chi connectivity index (χ1v) is 5.73. The van der Waals surface area contributed by atoms with E-state index in [1.165, 1.54) is 23.1 Å². The molecule has 3 amide bonds. The van der Waals surface area contributed by atoms with Crippen LogP contribution in [0.3, 0.4) is 0 Å². The summed E-state index contributed by atoms with van der Waals surface area (Å²) in [6, 6.07) is 5.38. The molecule has 1 saturated heterocycles. The number of amides is 3. The summed E-state index contributed by atoms with van der Waals surface area (Å²) in [6.45, 7) is 1.26. The molecule has 0 atom stereocenters. The molecule has 1 aliphatic rings. The van der Waals surface area contributed by atoms with E-state index in [9.17, 15) is 14.0 Å². The Bertz CT molecular complexity index is 464. The second-order valence-electron chi connectivity index (χ2n) is 4.03. The molecule has 1 aromatic carbocycles. The van der Waals surface area contributed by atoms with Gasteiger partial charge in [0.05, 0.1) is 0 Å². The molecule has 1 fully saturated rings. The molecule has 1 heterocycles. The van der Waals surface area contributed by atoms with Crippen molar-refractivity contribution >= 4 is 17.6 Å². The van der Waals surface area contributed by atoms with Crippen molar-refractivity contribution in [2.75, 3.05) is 25.0 Å². The van der Waals surface area contributed by atoms with E-state index < -0.39 is 5.82 Å². The van der Waals surface area contributed by atoms with E-state index in [2.05, 4.69) is 10.6 Å². The highest BCUT2D eigenvalue weighted by Crippen LogP contribution is 2.10. The maximum Gasteiger partial charge on any atom is 0.321 e. The summed E-state index contributed by atoms with van der Waals surface area (Å²) in [4.78, 5) is 24.6. The van der Waals surface area contributed by atoms with Gasteiger partial charge in [-0.05, 0) is 18.2 Å². The van der Waals surface area contributed by atoms with Gasteiger partial charge in [-0.2, -0.15) is 0 Å². The Morgan fingerprint density at radius 1 is 1.39 bits per heavy atom. The summed E-state index contributed by atoms with van der Waals surface area (Å²) in [6.07, 6.45) is 0.288. The number of carbonyl (C=O) groups is 2. The van der Waals surface area contributed by atoms with Crippen molar-refractivity contribution < 1.29 is 14.0 Å². The predicted octanol–water partition coefficient (Wildman–Crippen LogP) is 1.18. The van der Waals surface area contributed by atoms with E-state index >= 15 is 0 Å². The van der Waals surface area contributed by atoms with Gasteiger partial charge in [-0.1, -0.05) is 6.07 Å². The average molecular weight is 251 g/mol. The Balaban J connectivity index is 1.97. The van der Waals surface area contributed by atoms with Gasteiger partial charge in [-0.15, -0.1) is 0 Å². The van der Waals surface area contributed by atoms with E-state index in [1.54, 1.807) is 6.07 Å². The molecule has 96 valence electrons. The molecule has 18 heavy (non-hydrogen) atoms. The second kappa shape index (κ2) is 5.48. The highest BCUT2D eigenvalue weighted by Gasteiger charge is 2.18. The number of urea groups is 1. The van der Waals surface area contributed by atoms with Gasteiger partial charge < -0.3 is 15.5 Å². The minimum absolute atomic E-state index is 0.0592. The molecule has 0 unspecified atom stereocenters. The monoisotopic (exact) mass is 251 g/mol. The molecule has 0 spiro atoms. The van der Waals surface area contributed by atoms with E-state index in [-0.39, 0.29) is 18.4 Å². The van der Waals surface area contributed by atoms with Crippen molar-refractivity contribution in [1.29, 1.82) is 0 Å². The van der Waals surface area contributed by atoms with E-state index in [4.69, 9.17) is 0 Å². The maximum atomic E-state index is 13.0. The Hall–Kier alpha value is -2.11. The van der Waals surface area contributed by atoms with Crippen LogP contribution in [0.25, 0.3) is 0 Å². The molecule has 1 aliphatic heterocycles. The summed E-state index contributed by atoms with van der Waals surface area (Å²) < 4.78 is 13.0. The normalized spacial score (nSPS) is 15.8. The van der Waals surface area contributed by atoms with Gasteiger partial charge in [0.2, 0.25) is 5.91 Å². The first-order chi connectivity index (χ1) is 8.65. The minimum atomic E-state index is -0.402. The lowest BCUT2D eigenvalue weighted by Crippen LogP contribution is -2.37. The number of anilines is 1. The van der Waals surface area contributed by atoms with Crippen LogP contribution in [0.5, 0.6) is 0 Å². The van der Waals surface area contributed by atoms with Crippen LogP contribution in [-0.4, -0.2) is 36.5 Å². The van der Waals surface area contributed by atoms with Gasteiger partial charge in [0.15, 0.2) is 0 Å². The highest BCUT2D eigenvalue weighted by atomic mass is 19.1. The molecular weight excluding hydrogens is 237 g/mol. The summed E-state index contributed by atoms with van der Waals surface area (Å²) in [7, 11) is 0. The van der Waals surface area contributed by atoms with Crippen molar-refractivity contribution in [1.82, 2.24) is 10.2 Å². The first-order valence-electron chi connectivity index (χ1n) is 5.73. The van der Waals surface area contributed by atoms with Crippen molar-refractivity contribution in [3.8, 4) is 0 Å². The van der Waals surface area contributed by atoms with Crippen LogP contribution in [0.2, 0.25) is 0 Å². The zero-order valence-corrected chi connectivity index (χ0v) is 9.78. The van der Waals surface area contributed by atoms with Gasteiger partial charge in [0, 0.05) is 31.7 Å². The smallest absolute Gasteiger partial charge is 0.321 e. The number of benzene rings is 1. The number of nitrogens with zero attached hydrogens (tertiary/aromatic N) is 1. The van der Waals surface area contributed by atoms with E-state index in [1.807, 2.05) is 0 Å². The van der Waals surface area contributed by atoms with Crippen molar-refractivity contribution in [2.45, 2.75) is 6.42 Å². The summed E-state index contributed by atoms with van der Waals surface area (Å²) >= 11 is 0. The quantitative estimate of drug-likeness (QED) is 0.787. The fraction of sp³-hybridized carbons (Fsp3) is 0.333. The summed E-state index contributed by atoms with van der Waals surface area (Å²) in [5, 5.41) is 5.28. The Morgan fingerprint density at radius 2 is 2.22 bits per heavy atom. The fourth-order valence-corrected chi connectivity index (χ4v) is 1.74. The third-order valence-corrected chi connectivity index (χ3v) is 2.68. The zero-order valence-electron chi connectivity index (χ0n) is 9.78. The van der Waals surface area contributed by atoms with Crippen LogP contribution in [0.1, 0.15) is 6.42 Å². The molecule has 5 nitrogen and oxygen atoms in total. The Kier molecular flexibility index (Phi) is 3.76. The minimum Gasteiger partial charge on any atom is -0.354 e. The largest absolute Gasteiger partial charge is 0.354 e. The molecule has 2 N–H and O–H groups in total. The Labute approximate surface area is 104 Å². The van der Waals surface area contributed by atoms with Crippen molar-refractivity contribution in [2.24, 2.45) is 0 Å². The lowest BCUT2D eigenvalue weighted by Gasteiger charge is -2.20. The lowest BCUT2D eigenvalue weighted by atomic mass is 10.3. The van der Waals surface area contributed by atoms with Crippen LogP contribution in [0.4, 0.5) is 14.9 Å². The molecule has 0 saturated carbocycles. The third-order valence-electron chi connectivity index (χ3n) is 2.68. The third kappa shape index (κ3) is 3.19. The van der Waals surface area contributed by atoms with Crippen LogP contribution in [0, 0.1) is 5.82 Å². The first kappa shape index (κ1) is 12.3. The topological polar surface area (TPSA) is 61.4 Å². The van der Waals surface area contributed by atoms with Gasteiger partial charge in [-0.25, -0.2) is 9.18 Å². The van der Waals surface area contributed by atoms with Gasteiger partial charge in [-0.3, -0.25) is 4.79 Å². The summed E-state index contributed by atoms with van der Waals surface area (Å²) in [5.41, 5.74) is 0.406. The number of hydrogen-bond acceptors (Lipinski definition) is 2. The molecule has 1 aromatic rings. The van der Waals surface area contributed by atoms with Crippen LogP contribution in [-0.2, 0) is 4.79 Å². The molecule has 2 rings (SSSR count). The van der Waals surface area contributed by atoms with Crippen LogP contribution in [0.15, 0.2) is 24.3 Å². The maximum absolute atomic E-state index is 13.0. The molecule has 0 aromatic heterocycles. The van der Waals surface area contributed by atoms with Gasteiger partial charge in [0.25, 0.3) is 0 Å². The van der Waals surface area contributed by atoms with Crippen LogP contribution < -0.4 is 10.6 Å². The lowest BCUT2D eigenvalue weighted by molar-refractivity contribution is -0.120. The van der Waals surface area contributed by atoms with E-state index in [0.717, 1.165) is 0 Å². The molecule has 6 heteroatoms. The highest BCUT2D eigenvalue weighted by molar-refractivity contribution is 5.90. The molecular formula is C12H14FN3O2. The van der Waals surface area contributed by atoms with Gasteiger partial charge >= 0.3 is 6.03 Å².